The minimum absolute atomic E-state index is 0.205. The summed E-state index contributed by atoms with van der Waals surface area (Å²) in [4.78, 5) is 23.6. The number of aliphatic imine (C=N–C) groups is 1. The minimum Gasteiger partial charge on any atom is -0.368 e. The first-order valence-electron chi connectivity index (χ1n) is 11.2. The number of nitrogens with one attached hydrogen (secondary N) is 2. The summed E-state index contributed by atoms with van der Waals surface area (Å²) < 4.78 is 0. The Balaban J connectivity index is 1.66. The van der Waals surface area contributed by atoms with Crippen molar-refractivity contribution in [1.82, 2.24) is 20.4 Å². The average Bonchev–Trinajstić information content (AvgIpc) is 2.75. The van der Waals surface area contributed by atoms with Crippen molar-refractivity contribution in [2.75, 3.05) is 57.8 Å². The molecule has 1 aliphatic heterocycles. The molecule has 1 aromatic rings. The van der Waals surface area contributed by atoms with Crippen molar-refractivity contribution in [3.63, 3.8) is 0 Å². The van der Waals surface area contributed by atoms with Gasteiger partial charge in [-0.15, -0.1) is 0 Å². The van der Waals surface area contributed by atoms with Gasteiger partial charge < -0.3 is 20.4 Å². The van der Waals surface area contributed by atoms with Crippen LogP contribution in [0.5, 0.6) is 0 Å². The molecule has 168 valence electrons. The molecule has 1 aliphatic rings. The predicted octanol–water partition coefficient (Wildman–Crippen LogP) is 2.01. The number of benzene rings is 1. The Morgan fingerprint density at radius 1 is 1.00 bits per heavy atom. The van der Waals surface area contributed by atoms with E-state index in [1.165, 1.54) is 5.69 Å². The van der Waals surface area contributed by atoms with Gasteiger partial charge in [-0.2, -0.15) is 0 Å². The van der Waals surface area contributed by atoms with E-state index in [9.17, 15) is 4.79 Å². The van der Waals surface area contributed by atoms with Crippen molar-refractivity contribution in [1.29, 1.82) is 0 Å². The van der Waals surface area contributed by atoms with Crippen LogP contribution in [0.1, 0.15) is 34.1 Å². The molecule has 0 radical (unpaired) electrons. The number of para-hydroxylation sites is 1. The Morgan fingerprint density at radius 2 is 1.60 bits per heavy atom. The van der Waals surface area contributed by atoms with E-state index >= 15 is 0 Å². The van der Waals surface area contributed by atoms with E-state index in [1.807, 2.05) is 11.0 Å². The number of hydrogen-bond donors (Lipinski definition) is 2. The molecular formula is C23H40N6O. The summed E-state index contributed by atoms with van der Waals surface area (Å²) in [6, 6.07) is 11.4. The lowest BCUT2D eigenvalue weighted by atomic mass is 10.2. The summed E-state index contributed by atoms with van der Waals surface area (Å²) >= 11 is 0. The molecule has 1 fully saturated rings. The van der Waals surface area contributed by atoms with Crippen molar-refractivity contribution in [2.45, 2.75) is 46.2 Å². The number of rotatable bonds is 9. The molecule has 0 bridgehead atoms. The molecule has 0 saturated carbocycles. The van der Waals surface area contributed by atoms with Gasteiger partial charge in [0.2, 0.25) is 5.91 Å². The molecule has 7 nitrogen and oxygen atoms in total. The van der Waals surface area contributed by atoms with Crippen LogP contribution >= 0.6 is 0 Å². The van der Waals surface area contributed by atoms with Crippen LogP contribution in [0, 0.1) is 0 Å². The molecule has 1 heterocycles. The third-order valence-electron chi connectivity index (χ3n) is 5.60. The lowest BCUT2D eigenvalue weighted by Gasteiger charge is -2.36. The van der Waals surface area contributed by atoms with Gasteiger partial charge in [0.15, 0.2) is 5.96 Å². The summed E-state index contributed by atoms with van der Waals surface area (Å²) in [6.45, 7) is 14.6. The van der Waals surface area contributed by atoms with Gasteiger partial charge in [0.05, 0.1) is 0 Å². The zero-order valence-electron chi connectivity index (χ0n) is 19.4. The number of anilines is 1. The Bertz CT molecular complexity index is 645. The van der Waals surface area contributed by atoms with Crippen LogP contribution in [0.3, 0.4) is 0 Å². The SMILES string of the molecule is CN=C(NCCC(=O)N1CCN(c2ccccc2)CC1)NCCN(C(C)C)C(C)C. The average molecular weight is 417 g/mol. The fourth-order valence-corrected chi connectivity index (χ4v) is 3.94. The number of carbonyl (C=O) groups is 1. The van der Waals surface area contributed by atoms with Crippen LogP contribution in [0.4, 0.5) is 5.69 Å². The maximum absolute atomic E-state index is 12.6. The largest absolute Gasteiger partial charge is 0.368 e. The second-order valence-corrected chi connectivity index (χ2v) is 8.30. The molecule has 1 saturated heterocycles. The van der Waals surface area contributed by atoms with Gasteiger partial charge in [-0.3, -0.25) is 14.7 Å². The van der Waals surface area contributed by atoms with Crippen LogP contribution in [0.15, 0.2) is 35.3 Å². The lowest BCUT2D eigenvalue weighted by molar-refractivity contribution is -0.131. The van der Waals surface area contributed by atoms with Crippen molar-refractivity contribution < 1.29 is 4.79 Å². The van der Waals surface area contributed by atoms with E-state index in [1.54, 1.807) is 7.05 Å². The number of hydrogen-bond acceptors (Lipinski definition) is 4. The van der Waals surface area contributed by atoms with Crippen LogP contribution in [-0.4, -0.2) is 86.6 Å². The Kier molecular flexibility index (Phi) is 9.94. The summed E-state index contributed by atoms with van der Waals surface area (Å²) in [5.41, 5.74) is 1.23. The van der Waals surface area contributed by atoms with Gasteiger partial charge in [-0.25, -0.2) is 0 Å². The molecule has 0 unspecified atom stereocenters. The first-order chi connectivity index (χ1) is 14.4. The van der Waals surface area contributed by atoms with Crippen LogP contribution in [0.2, 0.25) is 0 Å². The van der Waals surface area contributed by atoms with E-state index < -0.39 is 0 Å². The number of amides is 1. The van der Waals surface area contributed by atoms with Crippen molar-refractivity contribution >= 4 is 17.6 Å². The normalized spacial score (nSPS) is 15.3. The third-order valence-corrected chi connectivity index (χ3v) is 5.60. The molecule has 0 atom stereocenters. The van der Waals surface area contributed by atoms with Gasteiger partial charge in [0.25, 0.3) is 0 Å². The maximum atomic E-state index is 12.6. The van der Waals surface area contributed by atoms with E-state index in [-0.39, 0.29) is 5.91 Å². The molecule has 7 heteroatoms. The number of guanidine groups is 1. The summed E-state index contributed by atoms with van der Waals surface area (Å²) in [5.74, 6) is 0.959. The highest BCUT2D eigenvalue weighted by atomic mass is 16.2. The summed E-state index contributed by atoms with van der Waals surface area (Å²) in [6.07, 6.45) is 0.482. The van der Waals surface area contributed by atoms with E-state index in [0.717, 1.165) is 45.2 Å². The summed E-state index contributed by atoms with van der Waals surface area (Å²) in [5, 5.41) is 6.62. The van der Waals surface area contributed by atoms with Crippen molar-refractivity contribution in [2.24, 2.45) is 4.99 Å². The highest BCUT2D eigenvalue weighted by molar-refractivity contribution is 5.81. The quantitative estimate of drug-likeness (QED) is 0.476. The highest BCUT2D eigenvalue weighted by Crippen LogP contribution is 2.15. The minimum atomic E-state index is 0.205. The van der Waals surface area contributed by atoms with Gasteiger partial charge in [-0.05, 0) is 39.8 Å². The molecule has 30 heavy (non-hydrogen) atoms. The first kappa shape index (κ1) is 24.0. The number of carbonyl (C=O) groups excluding carboxylic acids is 1. The molecule has 0 aliphatic carbocycles. The van der Waals surface area contributed by atoms with Crippen molar-refractivity contribution in [3.05, 3.63) is 30.3 Å². The zero-order valence-corrected chi connectivity index (χ0v) is 19.4. The Labute approximate surface area is 182 Å². The van der Waals surface area contributed by atoms with Gasteiger partial charge in [-0.1, -0.05) is 18.2 Å². The molecule has 1 aromatic carbocycles. The monoisotopic (exact) mass is 416 g/mol. The highest BCUT2D eigenvalue weighted by Gasteiger charge is 2.21. The summed E-state index contributed by atoms with van der Waals surface area (Å²) in [7, 11) is 1.77. The fourth-order valence-electron chi connectivity index (χ4n) is 3.94. The smallest absolute Gasteiger partial charge is 0.224 e. The second-order valence-electron chi connectivity index (χ2n) is 8.30. The predicted molar refractivity (Wildman–Crippen MR) is 126 cm³/mol. The third kappa shape index (κ3) is 7.52. The second kappa shape index (κ2) is 12.4. The molecule has 2 N–H and O–H groups in total. The molecule has 0 spiro atoms. The van der Waals surface area contributed by atoms with E-state index in [4.69, 9.17) is 0 Å². The maximum Gasteiger partial charge on any atom is 0.224 e. The van der Waals surface area contributed by atoms with Crippen LogP contribution in [-0.2, 0) is 4.79 Å². The number of piperazine rings is 1. The lowest BCUT2D eigenvalue weighted by Crippen LogP contribution is -2.49. The topological polar surface area (TPSA) is 63.2 Å². The molecule has 1 amide bonds. The molecule has 0 aromatic heterocycles. The first-order valence-corrected chi connectivity index (χ1v) is 11.2. The number of nitrogens with zero attached hydrogens (tertiary/aromatic N) is 4. The standard InChI is InChI=1S/C23H40N6O/c1-19(2)29(20(3)4)14-13-26-23(24-5)25-12-11-22(30)28-17-15-27(16-18-28)21-9-7-6-8-10-21/h6-10,19-20H,11-18H2,1-5H3,(H2,24,25,26). The Morgan fingerprint density at radius 3 is 2.17 bits per heavy atom. The van der Waals surface area contributed by atoms with Crippen molar-refractivity contribution in [3.8, 4) is 0 Å². The van der Waals surface area contributed by atoms with Gasteiger partial charge >= 0.3 is 0 Å². The fraction of sp³-hybridized carbons (Fsp3) is 0.652. The van der Waals surface area contributed by atoms with Crippen LogP contribution < -0.4 is 15.5 Å². The van der Waals surface area contributed by atoms with Gasteiger partial charge in [0.1, 0.15) is 0 Å². The van der Waals surface area contributed by atoms with E-state index in [2.05, 4.69) is 77.4 Å². The molecular weight excluding hydrogens is 376 g/mol. The van der Waals surface area contributed by atoms with E-state index in [0.29, 0.717) is 25.0 Å². The zero-order chi connectivity index (χ0) is 21.9. The Hall–Kier alpha value is -2.28. The van der Waals surface area contributed by atoms with Gasteiger partial charge in [0, 0.05) is 77.1 Å². The van der Waals surface area contributed by atoms with Crippen LogP contribution in [0.25, 0.3) is 0 Å². The molecule has 2 rings (SSSR count).